The SMILES string of the molecule is Cc1cc(F)cc(-c2ccnc3nc(-c4n[nH]c5ccc(C6CCNCC6)cc45)[nH]c23)c1. The average Bonchev–Trinajstić information content (AvgIpc) is 3.42. The van der Waals surface area contributed by atoms with E-state index in [9.17, 15) is 4.39 Å². The van der Waals surface area contributed by atoms with Crippen molar-refractivity contribution in [3.05, 3.63) is 65.6 Å². The van der Waals surface area contributed by atoms with Crippen molar-refractivity contribution in [2.24, 2.45) is 0 Å². The molecule has 6 rings (SSSR count). The molecule has 1 aliphatic heterocycles. The van der Waals surface area contributed by atoms with Crippen LogP contribution in [0.25, 0.3) is 44.7 Å². The first-order valence-electron chi connectivity index (χ1n) is 11.0. The lowest BCUT2D eigenvalue weighted by molar-refractivity contribution is 0.460. The van der Waals surface area contributed by atoms with Crippen LogP contribution >= 0.6 is 0 Å². The highest BCUT2D eigenvalue weighted by atomic mass is 19.1. The van der Waals surface area contributed by atoms with E-state index in [0.29, 0.717) is 17.4 Å². The molecule has 0 atom stereocenters. The highest BCUT2D eigenvalue weighted by Gasteiger charge is 2.19. The van der Waals surface area contributed by atoms with Crippen LogP contribution in [0, 0.1) is 12.7 Å². The van der Waals surface area contributed by atoms with Crippen LogP contribution in [0.4, 0.5) is 4.39 Å². The van der Waals surface area contributed by atoms with E-state index in [1.54, 1.807) is 6.20 Å². The number of H-pyrrole nitrogens is 2. The molecule has 0 unspecified atom stereocenters. The van der Waals surface area contributed by atoms with Gasteiger partial charge in [0.2, 0.25) is 0 Å². The van der Waals surface area contributed by atoms with Crippen molar-refractivity contribution in [2.45, 2.75) is 25.7 Å². The van der Waals surface area contributed by atoms with Gasteiger partial charge in [-0.15, -0.1) is 0 Å². The molecule has 32 heavy (non-hydrogen) atoms. The molecular weight excluding hydrogens is 403 g/mol. The van der Waals surface area contributed by atoms with E-state index in [1.807, 2.05) is 19.1 Å². The number of rotatable bonds is 3. The minimum Gasteiger partial charge on any atom is -0.335 e. The number of benzene rings is 2. The smallest absolute Gasteiger partial charge is 0.178 e. The lowest BCUT2D eigenvalue weighted by Crippen LogP contribution is -2.26. The molecule has 0 saturated carbocycles. The van der Waals surface area contributed by atoms with Crippen molar-refractivity contribution in [3.8, 4) is 22.6 Å². The summed E-state index contributed by atoms with van der Waals surface area (Å²) in [4.78, 5) is 12.6. The topological polar surface area (TPSA) is 82.3 Å². The number of hydrogen-bond donors (Lipinski definition) is 3. The molecule has 0 bridgehead atoms. The highest BCUT2D eigenvalue weighted by molar-refractivity contribution is 5.96. The van der Waals surface area contributed by atoms with Crippen molar-refractivity contribution in [1.29, 1.82) is 0 Å². The number of piperidine rings is 1. The molecule has 4 heterocycles. The molecule has 1 aliphatic rings. The lowest BCUT2D eigenvalue weighted by Gasteiger charge is -2.23. The van der Waals surface area contributed by atoms with Crippen LogP contribution < -0.4 is 5.32 Å². The first kappa shape index (κ1) is 19.1. The zero-order valence-corrected chi connectivity index (χ0v) is 17.7. The first-order chi connectivity index (χ1) is 15.7. The van der Waals surface area contributed by atoms with Crippen LogP contribution in [0.3, 0.4) is 0 Å². The van der Waals surface area contributed by atoms with Gasteiger partial charge in [0, 0.05) is 17.1 Å². The summed E-state index contributed by atoms with van der Waals surface area (Å²) in [5, 5.41) is 12.2. The summed E-state index contributed by atoms with van der Waals surface area (Å²) in [5.74, 6) is 0.957. The Morgan fingerprint density at radius 2 is 1.91 bits per heavy atom. The van der Waals surface area contributed by atoms with Gasteiger partial charge in [-0.05, 0) is 85.8 Å². The molecule has 3 N–H and O–H groups in total. The summed E-state index contributed by atoms with van der Waals surface area (Å²) in [5.41, 5.74) is 6.99. The molecule has 6 nitrogen and oxygen atoms in total. The fraction of sp³-hybridized carbons (Fsp3) is 0.240. The number of fused-ring (bicyclic) bond motifs is 2. The number of aromatic amines is 2. The summed E-state index contributed by atoms with van der Waals surface area (Å²) in [6.45, 7) is 4.00. The Morgan fingerprint density at radius 1 is 1.03 bits per heavy atom. The average molecular weight is 426 g/mol. The summed E-state index contributed by atoms with van der Waals surface area (Å²) < 4.78 is 14.0. The van der Waals surface area contributed by atoms with Crippen molar-refractivity contribution in [3.63, 3.8) is 0 Å². The number of nitrogens with one attached hydrogen (secondary N) is 3. The maximum atomic E-state index is 14.0. The molecule has 0 radical (unpaired) electrons. The van der Waals surface area contributed by atoms with Crippen LogP contribution in [0.5, 0.6) is 0 Å². The van der Waals surface area contributed by atoms with Gasteiger partial charge in [0.25, 0.3) is 0 Å². The molecular formula is C25H23FN6. The van der Waals surface area contributed by atoms with Gasteiger partial charge in [-0.25, -0.2) is 14.4 Å². The Bertz CT molecular complexity index is 1420. The fourth-order valence-corrected chi connectivity index (χ4v) is 4.78. The maximum absolute atomic E-state index is 14.0. The molecule has 0 aliphatic carbocycles. The van der Waals surface area contributed by atoms with Gasteiger partial charge in [-0.3, -0.25) is 5.10 Å². The van der Waals surface area contributed by atoms with E-state index in [2.05, 4.69) is 43.7 Å². The zero-order chi connectivity index (χ0) is 21.7. The molecule has 7 heteroatoms. The highest BCUT2D eigenvalue weighted by Crippen LogP contribution is 2.33. The predicted octanol–water partition coefficient (Wildman–Crippen LogP) is 5.08. The second-order valence-electron chi connectivity index (χ2n) is 8.56. The Kier molecular flexibility index (Phi) is 4.50. The normalized spacial score (nSPS) is 15.1. The van der Waals surface area contributed by atoms with Crippen LogP contribution in [-0.2, 0) is 0 Å². The number of imidazole rings is 1. The van der Waals surface area contributed by atoms with E-state index in [0.717, 1.165) is 64.7 Å². The number of nitrogens with zero attached hydrogens (tertiary/aromatic N) is 3. The summed E-state index contributed by atoms with van der Waals surface area (Å²) in [6, 6.07) is 13.5. The lowest BCUT2D eigenvalue weighted by atomic mass is 9.89. The molecule has 160 valence electrons. The molecule has 3 aromatic heterocycles. The molecule has 5 aromatic rings. The van der Waals surface area contributed by atoms with E-state index in [4.69, 9.17) is 4.98 Å². The maximum Gasteiger partial charge on any atom is 0.178 e. The van der Waals surface area contributed by atoms with Crippen molar-refractivity contribution in [2.75, 3.05) is 13.1 Å². The second-order valence-corrected chi connectivity index (χ2v) is 8.56. The second kappa shape index (κ2) is 7.53. The molecule has 0 amide bonds. The van der Waals surface area contributed by atoms with Crippen LogP contribution in [0.2, 0.25) is 0 Å². The minimum absolute atomic E-state index is 0.256. The van der Waals surface area contributed by atoms with Gasteiger partial charge < -0.3 is 10.3 Å². The third-order valence-corrected chi connectivity index (χ3v) is 6.37. The number of pyridine rings is 1. The molecule has 2 aromatic carbocycles. The minimum atomic E-state index is -0.256. The van der Waals surface area contributed by atoms with Crippen molar-refractivity contribution in [1.82, 2.24) is 30.5 Å². The number of hydrogen-bond acceptors (Lipinski definition) is 4. The predicted molar refractivity (Wildman–Crippen MR) is 124 cm³/mol. The van der Waals surface area contributed by atoms with E-state index < -0.39 is 0 Å². The van der Waals surface area contributed by atoms with Crippen molar-refractivity contribution >= 4 is 22.1 Å². The largest absolute Gasteiger partial charge is 0.335 e. The number of halogens is 1. The summed E-state index contributed by atoms with van der Waals surface area (Å²) in [7, 11) is 0. The Hall–Kier alpha value is -3.58. The van der Waals surface area contributed by atoms with E-state index in [-0.39, 0.29) is 5.82 Å². The monoisotopic (exact) mass is 426 g/mol. The molecule has 1 fully saturated rings. The van der Waals surface area contributed by atoms with E-state index >= 15 is 0 Å². The van der Waals surface area contributed by atoms with Gasteiger partial charge in [0.05, 0.1) is 11.0 Å². The summed E-state index contributed by atoms with van der Waals surface area (Å²) in [6.07, 6.45) is 3.99. The summed E-state index contributed by atoms with van der Waals surface area (Å²) >= 11 is 0. The van der Waals surface area contributed by atoms with E-state index in [1.165, 1.54) is 17.7 Å². The third-order valence-electron chi connectivity index (χ3n) is 6.37. The number of aryl methyl sites for hydroxylation is 1. The fourth-order valence-electron chi connectivity index (χ4n) is 4.78. The van der Waals surface area contributed by atoms with Gasteiger partial charge >= 0.3 is 0 Å². The number of aromatic nitrogens is 5. The quantitative estimate of drug-likeness (QED) is 0.376. The molecule has 1 saturated heterocycles. The van der Waals surface area contributed by atoms with Crippen molar-refractivity contribution < 1.29 is 4.39 Å². The Morgan fingerprint density at radius 3 is 2.75 bits per heavy atom. The van der Waals surface area contributed by atoms with Gasteiger partial charge in [-0.2, -0.15) is 5.10 Å². The van der Waals surface area contributed by atoms with Gasteiger partial charge in [0.15, 0.2) is 11.5 Å². The van der Waals surface area contributed by atoms with Gasteiger partial charge in [-0.1, -0.05) is 12.1 Å². The molecule has 0 spiro atoms. The Balaban J connectivity index is 1.47. The standard InChI is InChI=1S/C25H23FN6/c1-14-10-17(12-18(26)11-14)19-6-9-28-24-22(19)29-25(30-24)23-20-13-16(2-3-21(20)31-32-23)15-4-7-27-8-5-15/h2-3,6,9-13,15,27H,4-5,7-8H2,1H3,(H,31,32)(H,28,29,30). The van der Waals surface area contributed by atoms with Crippen LogP contribution in [-0.4, -0.2) is 38.2 Å². The first-order valence-corrected chi connectivity index (χ1v) is 11.0. The van der Waals surface area contributed by atoms with Gasteiger partial charge in [0.1, 0.15) is 11.5 Å². The van der Waals surface area contributed by atoms with Crippen LogP contribution in [0.15, 0.2) is 48.7 Å². The third kappa shape index (κ3) is 3.26. The zero-order valence-electron chi connectivity index (χ0n) is 17.7. The van der Waals surface area contributed by atoms with Crippen LogP contribution in [0.1, 0.15) is 29.9 Å². The Labute approximate surface area is 184 Å².